The molecule has 2 aliphatic heterocycles. The van der Waals surface area contributed by atoms with Gasteiger partial charge in [0.1, 0.15) is 0 Å². The minimum absolute atomic E-state index is 0.0655. The van der Waals surface area contributed by atoms with Crippen molar-refractivity contribution < 1.29 is 9.59 Å². The van der Waals surface area contributed by atoms with Crippen LogP contribution in [-0.2, 0) is 11.2 Å². The molecule has 3 amide bonds. The molecule has 5 nitrogen and oxygen atoms in total. The lowest BCUT2D eigenvalue weighted by molar-refractivity contribution is -0.116. The maximum Gasteiger partial charge on any atom is 0.321 e. The average molecular weight is 410 g/mol. The van der Waals surface area contributed by atoms with Crippen LogP contribution in [0.1, 0.15) is 30.9 Å². The number of thioether (sulfide) groups is 1. The highest BCUT2D eigenvalue weighted by molar-refractivity contribution is 8.02. The van der Waals surface area contributed by atoms with E-state index in [-0.39, 0.29) is 16.8 Å². The number of likely N-dealkylation sites (tertiary alicyclic amines) is 1. The molecule has 2 saturated heterocycles. The third kappa shape index (κ3) is 3.99. The molecule has 2 aliphatic rings. The van der Waals surface area contributed by atoms with Crippen LogP contribution in [0.4, 0.5) is 16.2 Å². The highest BCUT2D eigenvalue weighted by atomic mass is 32.2. The zero-order valence-electron chi connectivity index (χ0n) is 17.0. The fraction of sp³-hybridized carbons (Fsp3) is 0.391. The standard InChI is InChI=1S/C23H27N3O2S/c1-3-18-5-4-6-19(15-18)24-22(28)25-13-11-23(12-14-25)26(21(27)16-29-23)20-9-7-17(2)8-10-20/h4-10,15H,3,11-14,16H2,1-2H3,(H,24,28). The molecule has 2 fully saturated rings. The molecule has 6 heteroatoms. The third-order valence-corrected chi connectivity index (χ3v) is 7.35. The van der Waals surface area contributed by atoms with E-state index >= 15 is 0 Å². The fourth-order valence-electron chi connectivity index (χ4n) is 4.12. The van der Waals surface area contributed by atoms with Gasteiger partial charge in [0.25, 0.3) is 0 Å². The topological polar surface area (TPSA) is 52.7 Å². The van der Waals surface area contributed by atoms with Crippen molar-refractivity contribution in [2.75, 3.05) is 29.1 Å². The van der Waals surface area contributed by atoms with Crippen LogP contribution < -0.4 is 10.2 Å². The van der Waals surface area contributed by atoms with Crippen molar-refractivity contribution in [3.05, 3.63) is 59.7 Å². The number of urea groups is 1. The minimum atomic E-state index is -0.245. The molecule has 2 heterocycles. The molecule has 4 rings (SSSR count). The summed E-state index contributed by atoms with van der Waals surface area (Å²) in [5, 5.41) is 3.02. The summed E-state index contributed by atoms with van der Waals surface area (Å²) in [4.78, 5) is 29.0. The van der Waals surface area contributed by atoms with E-state index in [0.717, 1.165) is 30.6 Å². The van der Waals surface area contributed by atoms with Crippen molar-refractivity contribution in [1.29, 1.82) is 0 Å². The van der Waals surface area contributed by atoms with E-state index in [2.05, 4.69) is 18.3 Å². The maximum absolute atomic E-state index is 12.8. The first-order chi connectivity index (χ1) is 14.0. The molecule has 2 aromatic carbocycles. The number of benzene rings is 2. The van der Waals surface area contributed by atoms with E-state index in [9.17, 15) is 9.59 Å². The number of rotatable bonds is 3. The first kappa shape index (κ1) is 19.8. The number of anilines is 2. The number of piperidine rings is 1. The molecule has 0 radical (unpaired) electrons. The second-order valence-corrected chi connectivity index (χ2v) is 9.11. The summed E-state index contributed by atoms with van der Waals surface area (Å²) in [7, 11) is 0. The summed E-state index contributed by atoms with van der Waals surface area (Å²) >= 11 is 1.72. The molecule has 0 saturated carbocycles. The first-order valence-corrected chi connectivity index (χ1v) is 11.2. The summed E-state index contributed by atoms with van der Waals surface area (Å²) in [6.07, 6.45) is 2.50. The van der Waals surface area contributed by atoms with E-state index in [1.165, 1.54) is 11.1 Å². The van der Waals surface area contributed by atoms with E-state index < -0.39 is 0 Å². The van der Waals surface area contributed by atoms with Crippen LogP contribution in [0.15, 0.2) is 48.5 Å². The third-order valence-electron chi connectivity index (χ3n) is 5.83. The maximum atomic E-state index is 12.8. The van der Waals surface area contributed by atoms with Gasteiger partial charge in [-0.25, -0.2) is 4.79 Å². The molecular weight excluding hydrogens is 382 g/mol. The Labute approximate surface area is 176 Å². The molecule has 29 heavy (non-hydrogen) atoms. The van der Waals surface area contributed by atoms with Gasteiger partial charge in [0, 0.05) is 24.5 Å². The largest absolute Gasteiger partial charge is 0.324 e. The fourth-order valence-corrected chi connectivity index (χ4v) is 5.45. The van der Waals surface area contributed by atoms with Crippen LogP contribution in [0.2, 0.25) is 0 Å². The Balaban J connectivity index is 1.44. The monoisotopic (exact) mass is 409 g/mol. The van der Waals surface area contributed by atoms with Gasteiger partial charge in [0.2, 0.25) is 5.91 Å². The Hall–Kier alpha value is -2.47. The van der Waals surface area contributed by atoms with Gasteiger partial charge in [-0.05, 0) is 56.0 Å². The van der Waals surface area contributed by atoms with E-state index in [0.29, 0.717) is 18.8 Å². The number of carbonyl (C=O) groups is 2. The van der Waals surface area contributed by atoms with Crippen molar-refractivity contribution in [2.45, 2.75) is 38.0 Å². The molecule has 0 unspecified atom stereocenters. The smallest absolute Gasteiger partial charge is 0.321 e. The lowest BCUT2D eigenvalue weighted by Crippen LogP contribution is -2.53. The molecule has 0 bridgehead atoms. The van der Waals surface area contributed by atoms with Crippen LogP contribution in [0.25, 0.3) is 0 Å². The predicted octanol–water partition coefficient (Wildman–Crippen LogP) is 4.66. The number of carbonyl (C=O) groups excluding carboxylic acids is 2. The van der Waals surface area contributed by atoms with E-state index in [1.807, 2.05) is 59.2 Å². The zero-order chi connectivity index (χ0) is 20.4. The van der Waals surface area contributed by atoms with Crippen LogP contribution in [0.3, 0.4) is 0 Å². The normalized spacial score (nSPS) is 18.3. The lowest BCUT2D eigenvalue weighted by Gasteiger charge is -2.43. The average Bonchev–Trinajstić information content (AvgIpc) is 3.05. The van der Waals surface area contributed by atoms with Crippen LogP contribution in [-0.4, -0.2) is 40.6 Å². The Kier molecular flexibility index (Phi) is 5.54. The molecule has 152 valence electrons. The van der Waals surface area contributed by atoms with Crippen molar-refractivity contribution in [2.24, 2.45) is 0 Å². The quantitative estimate of drug-likeness (QED) is 0.802. The van der Waals surface area contributed by atoms with Crippen molar-refractivity contribution in [3.63, 3.8) is 0 Å². The number of amides is 3. The Morgan fingerprint density at radius 2 is 1.86 bits per heavy atom. The number of hydrogen-bond donors (Lipinski definition) is 1. The first-order valence-electron chi connectivity index (χ1n) is 10.2. The SMILES string of the molecule is CCc1cccc(NC(=O)N2CCC3(CC2)SCC(=O)N3c2ccc(C)cc2)c1. The number of nitrogens with zero attached hydrogens (tertiary/aromatic N) is 2. The highest BCUT2D eigenvalue weighted by Gasteiger charge is 2.49. The molecule has 0 aromatic heterocycles. The van der Waals surface area contributed by atoms with Gasteiger partial charge in [0.05, 0.1) is 10.6 Å². The summed E-state index contributed by atoms with van der Waals surface area (Å²) in [5.74, 6) is 0.664. The van der Waals surface area contributed by atoms with Crippen LogP contribution >= 0.6 is 11.8 Å². The lowest BCUT2D eigenvalue weighted by atomic mass is 10.0. The molecule has 0 aliphatic carbocycles. The van der Waals surface area contributed by atoms with Gasteiger partial charge < -0.3 is 10.2 Å². The van der Waals surface area contributed by atoms with Crippen molar-refractivity contribution >= 4 is 35.1 Å². The molecule has 0 atom stereocenters. The summed E-state index contributed by atoms with van der Waals surface area (Å²) in [5.41, 5.74) is 4.18. The zero-order valence-corrected chi connectivity index (χ0v) is 17.8. The summed E-state index contributed by atoms with van der Waals surface area (Å²) in [6.45, 7) is 5.43. The summed E-state index contributed by atoms with van der Waals surface area (Å²) < 4.78 is 0. The van der Waals surface area contributed by atoms with Gasteiger partial charge >= 0.3 is 6.03 Å². The van der Waals surface area contributed by atoms with E-state index in [4.69, 9.17) is 0 Å². The summed E-state index contributed by atoms with van der Waals surface area (Å²) in [6, 6.07) is 16.1. The number of nitrogens with one attached hydrogen (secondary N) is 1. The minimum Gasteiger partial charge on any atom is -0.324 e. The Morgan fingerprint density at radius 3 is 2.55 bits per heavy atom. The van der Waals surface area contributed by atoms with Crippen LogP contribution in [0, 0.1) is 6.92 Å². The molecule has 1 N–H and O–H groups in total. The van der Waals surface area contributed by atoms with E-state index in [1.54, 1.807) is 11.8 Å². The van der Waals surface area contributed by atoms with Gasteiger partial charge in [0.15, 0.2) is 0 Å². The molecule has 1 spiro atoms. The highest BCUT2D eigenvalue weighted by Crippen LogP contribution is 2.46. The predicted molar refractivity (Wildman–Crippen MR) is 119 cm³/mol. The van der Waals surface area contributed by atoms with Gasteiger partial charge in [-0.15, -0.1) is 11.8 Å². The Morgan fingerprint density at radius 1 is 1.14 bits per heavy atom. The number of hydrogen-bond acceptors (Lipinski definition) is 3. The second kappa shape index (κ2) is 8.11. The molecule has 2 aromatic rings. The van der Waals surface area contributed by atoms with Gasteiger partial charge in [-0.2, -0.15) is 0 Å². The number of aryl methyl sites for hydroxylation is 2. The second-order valence-electron chi connectivity index (χ2n) is 7.77. The van der Waals surface area contributed by atoms with Crippen molar-refractivity contribution in [1.82, 2.24) is 4.90 Å². The molecular formula is C23H27N3O2S. The van der Waals surface area contributed by atoms with Gasteiger partial charge in [-0.3, -0.25) is 9.69 Å². The van der Waals surface area contributed by atoms with Gasteiger partial charge in [-0.1, -0.05) is 36.8 Å². The Bertz CT molecular complexity index is 905. The van der Waals surface area contributed by atoms with Crippen LogP contribution in [0.5, 0.6) is 0 Å². The van der Waals surface area contributed by atoms with Crippen molar-refractivity contribution in [3.8, 4) is 0 Å².